The molecule has 140 valence electrons. The van der Waals surface area contributed by atoms with Gasteiger partial charge < -0.3 is 14.7 Å². The minimum atomic E-state index is -0.154. The molecule has 0 aliphatic rings. The standard InChI is InChI=1S/C21H24N4O2/c1-4-16-7-5-6-8-18(16)22-21(26)25(3)14-13-19-23-20(27-24-19)17-11-9-15(2)10-12-17/h5-12H,4,13-14H2,1-3H3,(H,22,26). The molecule has 3 rings (SSSR count). The monoisotopic (exact) mass is 364 g/mol. The van der Waals surface area contributed by atoms with Gasteiger partial charge >= 0.3 is 6.03 Å². The van der Waals surface area contributed by atoms with Gasteiger partial charge in [0.15, 0.2) is 5.82 Å². The Bertz CT molecular complexity index is 903. The minimum absolute atomic E-state index is 0.154. The first kappa shape index (κ1) is 18.6. The van der Waals surface area contributed by atoms with Crippen molar-refractivity contribution >= 4 is 11.7 Å². The molecule has 6 heteroatoms. The van der Waals surface area contributed by atoms with Gasteiger partial charge in [0.1, 0.15) is 0 Å². The molecule has 0 saturated heterocycles. The number of benzene rings is 2. The van der Waals surface area contributed by atoms with Crippen molar-refractivity contribution in [2.24, 2.45) is 0 Å². The fraction of sp³-hybridized carbons (Fsp3) is 0.286. The van der Waals surface area contributed by atoms with Gasteiger partial charge in [0.05, 0.1) is 0 Å². The van der Waals surface area contributed by atoms with E-state index in [9.17, 15) is 4.79 Å². The second-order valence-electron chi connectivity index (χ2n) is 6.49. The highest BCUT2D eigenvalue weighted by Crippen LogP contribution is 2.18. The molecule has 3 aromatic rings. The third-order valence-corrected chi connectivity index (χ3v) is 4.42. The second kappa shape index (κ2) is 8.49. The summed E-state index contributed by atoms with van der Waals surface area (Å²) in [5, 5.41) is 6.97. The van der Waals surface area contributed by atoms with E-state index in [2.05, 4.69) is 22.4 Å². The third kappa shape index (κ3) is 4.73. The van der Waals surface area contributed by atoms with Crippen molar-refractivity contribution in [2.45, 2.75) is 26.7 Å². The Morgan fingerprint density at radius 2 is 1.89 bits per heavy atom. The van der Waals surface area contributed by atoms with E-state index in [1.165, 1.54) is 5.56 Å². The highest BCUT2D eigenvalue weighted by Gasteiger charge is 2.13. The summed E-state index contributed by atoms with van der Waals surface area (Å²) < 4.78 is 5.33. The highest BCUT2D eigenvalue weighted by atomic mass is 16.5. The lowest BCUT2D eigenvalue weighted by molar-refractivity contribution is 0.222. The lowest BCUT2D eigenvalue weighted by Gasteiger charge is -2.18. The van der Waals surface area contributed by atoms with E-state index in [0.717, 1.165) is 23.2 Å². The van der Waals surface area contributed by atoms with Gasteiger partial charge in [-0.2, -0.15) is 4.98 Å². The van der Waals surface area contributed by atoms with Gasteiger partial charge in [-0.3, -0.25) is 0 Å². The first-order chi connectivity index (χ1) is 13.1. The van der Waals surface area contributed by atoms with Gasteiger partial charge in [0.25, 0.3) is 5.89 Å². The summed E-state index contributed by atoms with van der Waals surface area (Å²) in [5.41, 5.74) is 4.02. The first-order valence-corrected chi connectivity index (χ1v) is 9.06. The Kier molecular flexibility index (Phi) is 5.86. The number of aromatic nitrogens is 2. The van der Waals surface area contributed by atoms with Crippen molar-refractivity contribution in [1.82, 2.24) is 15.0 Å². The molecule has 27 heavy (non-hydrogen) atoms. The molecule has 1 N–H and O–H groups in total. The van der Waals surface area contributed by atoms with Gasteiger partial charge in [-0.1, -0.05) is 48.0 Å². The number of likely N-dealkylation sites (N-methyl/N-ethyl adjacent to an activating group) is 1. The Morgan fingerprint density at radius 3 is 2.63 bits per heavy atom. The van der Waals surface area contributed by atoms with Crippen LogP contribution in [0.5, 0.6) is 0 Å². The number of urea groups is 1. The van der Waals surface area contributed by atoms with E-state index in [-0.39, 0.29) is 6.03 Å². The molecule has 0 unspecified atom stereocenters. The van der Waals surface area contributed by atoms with E-state index in [4.69, 9.17) is 4.52 Å². The van der Waals surface area contributed by atoms with Crippen LogP contribution in [-0.2, 0) is 12.8 Å². The molecule has 0 atom stereocenters. The van der Waals surface area contributed by atoms with Gasteiger partial charge in [-0.15, -0.1) is 0 Å². The zero-order valence-corrected chi connectivity index (χ0v) is 15.9. The molecule has 1 aromatic heterocycles. The smallest absolute Gasteiger partial charge is 0.321 e. The molecule has 0 aliphatic carbocycles. The topological polar surface area (TPSA) is 71.3 Å². The number of carbonyl (C=O) groups is 1. The minimum Gasteiger partial charge on any atom is -0.334 e. The third-order valence-electron chi connectivity index (χ3n) is 4.42. The predicted molar refractivity (Wildman–Crippen MR) is 106 cm³/mol. The van der Waals surface area contributed by atoms with Crippen LogP contribution in [0.3, 0.4) is 0 Å². The number of carbonyl (C=O) groups excluding carboxylic acids is 1. The van der Waals surface area contributed by atoms with Gasteiger partial charge in [0.2, 0.25) is 0 Å². The summed E-state index contributed by atoms with van der Waals surface area (Å²) in [4.78, 5) is 18.4. The largest absolute Gasteiger partial charge is 0.334 e. The quantitative estimate of drug-likeness (QED) is 0.707. The number of rotatable bonds is 6. The Hall–Kier alpha value is -3.15. The number of nitrogens with zero attached hydrogens (tertiary/aromatic N) is 3. The number of aryl methyl sites for hydroxylation is 2. The average molecular weight is 364 g/mol. The van der Waals surface area contributed by atoms with Crippen LogP contribution in [0.2, 0.25) is 0 Å². The average Bonchev–Trinajstić information content (AvgIpc) is 3.16. The zero-order chi connectivity index (χ0) is 19.2. The van der Waals surface area contributed by atoms with E-state index >= 15 is 0 Å². The predicted octanol–water partition coefficient (Wildman–Crippen LogP) is 4.31. The van der Waals surface area contributed by atoms with Crippen molar-refractivity contribution in [1.29, 1.82) is 0 Å². The molecule has 0 saturated carbocycles. The van der Waals surface area contributed by atoms with Crippen molar-refractivity contribution in [2.75, 3.05) is 18.9 Å². The van der Waals surface area contributed by atoms with Crippen molar-refractivity contribution in [3.63, 3.8) is 0 Å². The van der Waals surface area contributed by atoms with E-state index in [1.807, 2.05) is 55.5 Å². The Balaban J connectivity index is 1.56. The molecule has 1 heterocycles. The fourth-order valence-corrected chi connectivity index (χ4v) is 2.70. The molecule has 0 radical (unpaired) electrons. The van der Waals surface area contributed by atoms with Gasteiger partial charge in [0, 0.05) is 31.3 Å². The second-order valence-corrected chi connectivity index (χ2v) is 6.49. The summed E-state index contributed by atoms with van der Waals surface area (Å²) in [6, 6.07) is 15.6. The first-order valence-electron chi connectivity index (χ1n) is 9.06. The molecule has 6 nitrogen and oxygen atoms in total. The van der Waals surface area contributed by atoms with Crippen LogP contribution in [0, 0.1) is 6.92 Å². The van der Waals surface area contributed by atoms with Crippen LogP contribution >= 0.6 is 0 Å². The SMILES string of the molecule is CCc1ccccc1NC(=O)N(C)CCc1noc(-c2ccc(C)cc2)n1. The van der Waals surface area contributed by atoms with Crippen molar-refractivity contribution in [3.05, 3.63) is 65.5 Å². The van der Waals surface area contributed by atoms with E-state index in [1.54, 1.807) is 11.9 Å². The maximum absolute atomic E-state index is 12.4. The maximum Gasteiger partial charge on any atom is 0.321 e. The van der Waals surface area contributed by atoms with Crippen LogP contribution in [0.4, 0.5) is 10.5 Å². The highest BCUT2D eigenvalue weighted by molar-refractivity contribution is 5.90. The molecule has 2 amide bonds. The summed E-state index contributed by atoms with van der Waals surface area (Å²) >= 11 is 0. The molecule has 0 fully saturated rings. The zero-order valence-electron chi connectivity index (χ0n) is 15.9. The Morgan fingerprint density at radius 1 is 1.15 bits per heavy atom. The number of hydrogen-bond donors (Lipinski definition) is 1. The summed E-state index contributed by atoms with van der Waals surface area (Å²) in [6.45, 7) is 4.59. The van der Waals surface area contributed by atoms with Gasteiger partial charge in [-0.25, -0.2) is 4.79 Å². The van der Waals surface area contributed by atoms with E-state index < -0.39 is 0 Å². The Labute approximate surface area is 159 Å². The molecule has 0 aliphatic heterocycles. The maximum atomic E-state index is 12.4. The number of hydrogen-bond acceptors (Lipinski definition) is 4. The van der Waals surface area contributed by atoms with Crippen LogP contribution in [0.1, 0.15) is 23.9 Å². The van der Waals surface area contributed by atoms with E-state index in [0.29, 0.717) is 24.7 Å². The molecule has 0 spiro atoms. The van der Waals surface area contributed by atoms with Crippen LogP contribution in [0.15, 0.2) is 53.1 Å². The van der Waals surface area contributed by atoms with Crippen molar-refractivity contribution < 1.29 is 9.32 Å². The summed E-state index contributed by atoms with van der Waals surface area (Å²) in [5.74, 6) is 1.08. The van der Waals surface area contributed by atoms with Crippen molar-refractivity contribution in [3.8, 4) is 11.5 Å². The van der Waals surface area contributed by atoms with Crippen LogP contribution in [0.25, 0.3) is 11.5 Å². The number of para-hydroxylation sites is 1. The molecule has 2 aromatic carbocycles. The lowest BCUT2D eigenvalue weighted by atomic mass is 10.1. The summed E-state index contributed by atoms with van der Waals surface area (Å²) in [6.07, 6.45) is 1.39. The number of nitrogens with one attached hydrogen (secondary N) is 1. The lowest BCUT2D eigenvalue weighted by Crippen LogP contribution is -2.33. The molecular weight excluding hydrogens is 340 g/mol. The van der Waals surface area contributed by atoms with Crippen LogP contribution in [-0.4, -0.2) is 34.7 Å². The van der Waals surface area contributed by atoms with Gasteiger partial charge in [-0.05, 0) is 37.1 Å². The van der Waals surface area contributed by atoms with Crippen LogP contribution < -0.4 is 5.32 Å². The number of anilines is 1. The number of amides is 2. The summed E-state index contributed by atoms with van der Waals surface area (Å²) in [7, 11) is 1.75. The normalized spacial score (nSPS) is 10.6. The molecular formula is C21H24N4O2. The molecule has 0 bridgehead atoms. The fourth-order valence-electron chi connectivity index (χ4n) is 2.70.